The minimum Gasteiger partial charge on any atom is -0.480 e. The number of carbonyl (C=O) groups is 2. The van der Waals surface area contributed by atoms with Gasteiger partial charge in [-0.15, -0.1) is 0 Å². The van der Waals surface area contributed by atoms with Gasteiger partial charge in [0.25, 0.3) is 0 Å². The Morgan fingerprint density at radius 1 is 1.31 bits per heavy atom. The van der Waals surface area contributed by atoms with Crippen molar-refractivity contribution in [2.45, 2.75) is 57.4 Å². The molecule has 2 N–H and O–H groups in total. The van der Waals surface area contributed by atoms with Crippen LogP contribution in [0.15, 0.2) is 12.1 Å². The number of carboxylic acid groups (broad SMARTS) is 1. The zero-order valence-corrected chi connectivity index (χ0v) is 17.4. The third-order valence-electron chi connectivity index (χ3n) is 6.09. The maximum Gasteiger partial charge on any atom is 0.323 e. The normalized spacial score (nSPS) is 18.7. The molecule has 160 valence electrons. The van der Waals surface area contributed by atoms with E-state index in [-0.39, 0.29) is 12.5 Å². The third kappa shape index (κ3) is 6.00. The van der Waals surface area contributed by atoms with E-state index in [1.807, 2.05) is 4.90 Å². The lowest BCUT2D eigenvalue weighted by atomic mass is 9.89. The molecular formula is C22H33N3O4. The van der Waals surface area contributed by atoms with E-state index in [9.17, 15) is 14.7 Å². The number of nitrogens with one attached hydrogen (secondary N) is 1. The summed E-state index contributed by atoms with van der Waals surface area (Å²) in [6.45, 7) is 2.46. The van der Waals surface area contributed by atoms with E-state index < -0.39 is 12.0 Å². The molecule has 29 heavy (non-hydrogen) atoms. The molecule has 0 aliphatic carbocycles. The average Bonchev–Trinajstić information content (AvgIpc) is 2.74. The van der Waals surface area contributed by atoms with Crippen molar-refractivity contribution in [3.05, 3.63) is 23.4 Å². The highest BCUT2D eigenvalue weighted by molar-refractivity contribution is 5.81. The number of fused-ring (bicyclic) bond motifs is 1. The molecule has 2 aliphatic heterocycles. The van der Waals surface area contributed by atoms with Gasteiger partial charge in [0, 0.05) is 31.7 Å². The zero-order chi connectivity index (χ0) is 20.6. The number of likely N-dealkylation sites (tertiary alicyclic amines) is 1. The lowest BCUT2D eigenvalue weighted by Gasteiger charge is -2.34. The number of anilines is 1. The van der Waals surface area contributed by atoms with E-state index in [2.05, 4.69) is 17.4 Å². The second-order valence-corrected chi connectivity index (χ2v) is 8.13. The number of Topliss-reactive ketones (excluding diaryl/α,β-unsaturated/α-hetero) is 1. The molecule has 1 fully saturated rings. The molecule has 7 heteroatoms. The number of methoxy groups -OCH3 is 1. The van der Waals surface area contributed by atoms with Crippen LogP contribution in [-0.2, 0) is 27.2 Å². The number of aliphatic carboxylic acids is 1. The van der Waals surface area contributed by atoms with Gasteiger partial charge in [-0.2, -0.15) is 0 Å². The van der Waals surface area contributed by atoms with Gasteiger partial charge in [0.2, 0.25) is 0 Å². The molecule has 7 nitrogen and oxygen atoms in total. The molecule has 0 bridgehead atoms. The van der Waals surface area contributed by atoms with Gasteiger partial charge in [0.15, 0.2) is 0 Å². The highest BCUT2D eigenvalue weighted by atomic mass is 16.5. The standard InChI is InChI=1S/C22H33N3O4/c1-29-15-19(22(27)28)25-13-10-16(11-14-25)20(26)7-3-2-6-18-9-8-17-5-4-12-23-21(17)24-18/h8-9,16,19H,2-7,10-15H2,1H3,(H,23,24)(H,27,28). The molecule has 0 radical (unpaired) electrons. The van der Waals surface area contributed by atoms with Crippen LogP contribution in [0.3, 0.4) is 0 Å². The van der Waals surface area contributed by atoms with Crippen molar-refractivity contribution in [3.8, 4) is 0 Å². The molecule has 0 spiro atoms. The topological polar surface area (TPSA) is 91.8 Å². The van der Waals surface area contributed by atoms with Crippen LogP contribution in [0.2, 0.25) is 0 Å². The Kier molecular flexibility index (Phi) is 8.00. The highest BCUT2D eigenvalue weighted by Crippen LogP contribution is 2.23. The summed E-state index contributed by atoms with van der Waals surface area (Å²) in [5.41, 5.74) is 2.40. The number of hydrogen-bond donors (Lipinski definition) is 2. The SMILES string of the molecule is COCC(C(=O)O)N1CCC(C(=O)CCCCc2ccc3c(n2)NCCC3)CC1. The fraction of sp³-hybridized carbons (Fsp3) is 0.682. The Labute approximate surface area is 172 Å². The minimum atomic E-state index is -0.859. The van der Waals surface area contributed by atoms with Crippen molar-refractivity contribution in [1.82, 2.24) is 9.88 Å². The molecule has 1 aromatic rings. The van der Waals surface area contributed by atoms with Crippen molar-refractivity contribution in [1.29, 1.82) is 0 Å². The summed E-state index contributed by atoms with van der Waals surface area (Å²) in [5, 5.41) is 12.7. The van der Waals surface area contributed by atoms with Gasteiger partial charge in [0.05, 0.1) is 6.61 Å². The molecule has 3 heterocycles. The molecule has 1 aromatic heterocycles. The first-order valence-corrected chi connectivity index (χ1v) is 10.8. The van der Waals surface area contributed by atoms with Crippen molar-refractivity contribution in [2.75, 3.05) is 38.7 Å². The predicted octanol–water partition coefficient (Wildman–Crippen LogP) is 2.53. The Morgan fingerprint density at radius 3 is 2.83 bits per heavy atom. The summed E-state index contributed by atoms with van der Waals surface area (Å²) in [6, 6.07) is 3.67. The maximum atomic E-state index is 12.6. The fourth-order valence-corrected chi connectivity index (χ4v) is 4.34. The van der Waals surface area contributed by atoms with Crippen molar-refractivity contribution in [2.24, 2.45) is 5.92 Å². The summed E-state index contributed by atoms with van der Waals surface area (Å²) in [4.78, 5) is 30.6. The van der Waals surface area contributed by atoms with Crippen LogP contribution in [0.4, 0.5) is 5.82 Å². The summed E-state index contributed by atoms with van der Waals surface area (Å²) in [6.07, 6.45) is 7.10. The van der Waals surface area contributed by atoms with E-state index >= 15 is 0 Å². The highest BCUT2D eigenvalue weighted by Gasteiger charge is 2.31. The van der Waals surface area contributed by atoms with Crippen LogP contribution in [0, 0.1) is 5.92 Å². The molecule has 1 atom stereocenters. The number of pyridine rings is 1. The van der Waals surface area contributed by atoms with Crippen LogP contribution in [0.1, 0.15) is 49.8 Å². The van der Waals surface area contributed by atoms with Gasteiger partial charge >= 0.3 is 5.97 Å². The van der Waals surface area contributed by atoms with E-state index in [1.54, 1.807) is 0 Å². The number of unbranched alkanes of at least 4 members (excludes halogenated alkanes) is 1. The monoisotopic (exact) mass is 403 g/mol. The first-order valence-electron chi connectivity index (χ1n) is 10.8. The Hall–Kier alpha value is -1.99. The van der Waals surface area contributed by atoms with Gasteiger partial charge in [-0.1, -0.05) is 6.07 Å². The van der Waals surface area contributed by atoms with Crippen LogP contribution in [0.5, 0.6) is 0 Å². The average molecular weight is 404 g/mol. The van der Waals surface area contributed by atoms with Gasteiger partial charge in [-0.05, 0) is 69.7 Å². The van der Waals surface area contributed by atoms with Crippen molar-refractivity contribution < 1.29 is 19.4 Å². The first kappa shape index (κ1) is 21.7. The number of carbonyl (C=O) groups excluding carboxylic acids is 1. The van der Waals surface area contributed by atoms with Gasteiger partial charge < -0.3 is 15.2 Å². The molecule has 3 rings (SSSR count). The number of nitrogens with zero attached hydrogens (tertiary/aromatic N) is 2. The number of hydrogen-bond acceptors (Lipinski definition) is 6. The molecule has 1 unspecified atom stereocenters. The Bertz CT molecular complexity index is 701. The van der Waals surface area contributed by atoms with Crippen LogP contribution >= 0.6 is 0 Å². The number of ketones is 1. The Balaban J connectivity index is 1.37. The van der Waals surface area contributed by atoms with E-state index in [4.69, 9.17) is 9.72 Å². The number of piperidine rings is 1. The van der Waals surface area contributed by atoms with Crippen LogP contribution in [0.25, 0.3) is 0 Å². The van der Waals surface area contributed by atoms with Crippen LogP contribution in [-0.4, -0.2) is 66.1 Å². The summed E-state index contributed by atoms with van der Waals surface area (Å²) >= 11 is 0. The molecule has 2 aliphatic rings. The smallest absolute Gasteiger partial charge is 0.323 e. The third-order valence-corrected chi connectivity index (χ3v) is 6.09. The largest absolute Gasteiger partial charge is 0.480 e. The lowest BCUT2D eigenvalue weighted by molar-refractivity contribution is -0.146. The van der Waals surface area contributed by atoms with E-state index in [1.165, 1.54) is 19.1 Å². The second kappa shape index (κ2) is 10.7. The predicted molar refractivity (Wildman–Crippen MR) is 111 cm³/mol. The molecule has 0 amide bonds. The number of ether oxygens (including phenoxy) is 1. The minimum absolute atomic E-state index is 0.0642. The fourth-order valence-electron chi connectivity index (χ4n) is 4.34. The number of carboxylic acids is 1. The summed E-state index contributed by atoms with van der Waals surface area (Å²) in [5.74, 6) is 0.560. The quantitative estimate of drug-likeness (QED) is 0.580. The molecule has 1 saturated heterocycles. The van der Waals surface area contributed by atoms with Crippen molar-refractivity contribution >= 4 is 17.6 Å². The van der Waals surface area contributed by atoms with E-state index in [0.29, 0.717) is 25.3 Å². The lowest BCUT2D eigenvalue weighted by Crippen LogP contribution is -2.48. The Morgan fingerprint density at radius 2 is 2.10 bits per heavy atom. The number of rotatable bonds is 10. The number of aromatic nitrogens is 1. The summed E-state index contributed by atoms with van der Waals surface area (Å²) < 4.78 is 5.03. The maximum absolute atomic E-state index is 12.6. The molecule has 0 aromatic carbocycles. The summed E-state index contributed by atoms with van der Waals surface area (Å²) in [7, 11) is 1.52. The first-order chi connectivity index (χ1) is 14.1. The molecule has 0 saturated carbocycles. The van der Waals surface area contributed by atoms with Gasteiger partial charge in [0.1, 0.15) is 17.6 Å². The number of aryl methyl sites for hydroxylation is 2. The van der Waals surface area contributed by atoms with E-state index in [0.717, 1.165) is 56.6 Å². The zero-order valence-electron chi connectivity index (χ0n) is 17.4. The van der Waals surface area contributed by atoms with Crippen molar-refractivity contribution in [3.63, 3.8) is 0 Å². The second-order valence-electron chi connectivity index (χ2n) is 8.13. The molecular weight excluding hydrogens is 370 g/mol. The van der Waals surface area contributed by atoms with Gasteiger partial charge in [-0.3, -0.25) is 14.5 Å². The van der Waals surface area contributed by atoms with Gasteiger partial charge in [-0.25, -0.2) is 4.98 Å². The van der Waals surface area contributed by atoms with Crippen LogP contribution < -0.4 is 5.32 Å².